The highest BCUT2D eigenvalue weighted by atomic mass is 35.5. The highest BCUT2D eigenvalue weighted by Crippen LogP contribution is 2.26. The molecule has 0 aliphatic heterocycles. The minimum atomic E-state index is -1.01. The number of hydrogen-bond donors (Lipinski definition) is 1. The lowest BCUT2D eigenvalue weighted by molar-refractivity contribution is 0.0687. The molecular formula is C12H9ClFNO2. The van der Waals surface area contributed by atoms with E-state index in [0.29, 0.717) is 11.3 Å². The van der Waals surface area contributed by atoms with Crippen molar-refractivity contribution in [1.82, 2.24) is 4.57 Å². The first kappa shape index (κ1) is 11.7. The Balaban J connectivity index is 2.53. The predicted molar refractivity (Wildman–Crippen MR) is 62.8 cm³/mol. The van der Waals surface area contributed by atoms with Crippen molar-refractivity contribution < 1.29 is 14.3 Å². The van der Waals surface area contributed by atoms with E-state index < -0.39 is 11.8 Å². The second kappa shape index (κ2) is 4.22. The molecule has 0 aliphatic carbocycles. The third-order valence-electron chi connectivity index (χ3n) is 2.56. The molecule has 0 amide bonds. The van der Waals surface area contributed by atoms with E-state index in [9.17, 15) is 9.18 Å². The summed E-state index contributed by atoms with van der Waals surface area (Å²) in [5.74, 6) is -1.50. The highest BCUT2D eigenvalue weighted by Gasteiger charge is 2.12. The molecule has 0 fully saturated rings. The quantitative estimate of drug-likeness (QED) is 0.893. The highest BCUT2D eigenvalue weighted by molar-refractivity contribution is 6.31. The molecule has 1 N–H and O–H groups in total. The lowest BCUT2D eigenvalue weighted by Gasteiger charge is -2.06. The number of hydrogen-bond acceptors (Lipinski definition) is 1. The maximum absolute atomic E-state index is 13.0. The van der Waals surface area contributed by atoms with Gasteiger partial charge >= 0.3 is 5.97 Å². The average Bonchev–Trinajstić information content (AvgIpc) is 2.64. The van der Waals surface area contributed by atoms with Gasteiger partial charge in [0.2, 0.25) is 0 Å². The zero-order valence-corrected chi connectivity index (χ0v) is 9.70. The molecule has 0 unspecified atom stereocenters. The summed E-state index contributed by atoms with van der Waals surface area (Å²) >= 11 is 5.68. The molecule has 5 heteroatoms. The van der Waals surface area contributed by atoms with Gasteiger partial charge in [0.05, 0.1) is 5.02 Å². The van der Waals surface area contributed by atoms with E-state index in [1.54, 1.807) is 19.2 Å². The fraction of sp³-hybridized carbons (Fsp3) is 0.0833. The maximum Gasteiger partial charge on any atom is 0.352 e. The molecule has 0 saturated heterocycles. The SMILES string of the molecule is Cn1c(C(=O)O)ccc1-c1ccc(F)c(Cl)c1. The molecular weight excluding hydrogens is 245 g/mol. The molecule has 0 saturated carbocycles. The third kappa shape index (κ3) is 2.03. The van der Waals surface area contributed by atoms with Crippen molar-refractivity contribution in [2.45, 2.75) is 0 Å². The Labute approximate surface area is 102 Å². The van der Waals surface area contributed by atoms with Crippen LogP contribution in [-0.2, 0) is 7.05 Å². The van der Waals surface area contributed by atoms with Gasteiger partial charge in [-0.05, 0) is 35.9 Å². The van der Waals surface area contributed by atoms with Crippen LogP contribution in [0, 0.1) is 5.82 Å². The van der Waals surface area contributed by atoms with E-state index in [1.807, 2.05) is 0 Å². The Kier molecular flexibility index (Phi) is 2.90. The molecule has 3 nitrogen and oxygen atoms in total. The number of carboxylic acid groups (broad SMARTS) is 1. The number of aromatic carboxylic acids is 1. The van der Waals surface area contributed by atoms with E-state index in [2.05, 4.69) is 0 Å². The minimum absolute atomic E-state index is 0.0144. The van der Waals surface area contributed by atoms with E-state index >= 15 is 0 Å². The number of aromatic nitrogens is 1. The Hall–Kier alpha value is -1.81. The summed E-state index contributed by atoms with van der Waals surface area (Å²) in [6, 6.07) is 7.44. The van der Waals surface area contributed by atoms with Crippen LogP contribution in [0.2, 0.25) is 5.02 Å². The normalized spacial score (nSPS) is 10.5. The van der Waals surface area contributed by atoms with Gasteiger partial charge in [0, 0.05) is 12.7 Å². The molecule has 0 radical (unpaired) electrons. The van der Waals surface area contributed by atoms with Crippen molar-refractivity contribution in [3.8, 4) is 11.3 Å². The van der Waals surface area contributed by atoms with Crippen molar-refractivity contribution in [2.24, 2.45) is 7.05 Å². The molecule has 1 heterocycles. The van der Waals surface area contributed by atoms with Gasteiger partial charge < -0.3 is 9.67 Å². The van der Waals surface area contributed by atoms with E-state index in [4.69, 9.17) is 16.7 Å². The fourth-order valence-corrected chi connectivity index (χ4v) is 1.85. The van der Waals surface area contributed by atoms with Gasteiger partial charge in [-0.25, -0.2) is 9.18 Å². The maximum atomic E-state index is 13.0. The van der Waals surface area contributed by atoms with Gasteiger partial charge in [0.25, 0.3) is 0 Å². The summed E-state index contributed by atoms with van der Waals surface area (Å²) in [6.45, 7) is 0. The zero-order valence-electron chi connectivity index (χ0n) is 8.95. The summed E-state index contributed by atoms with van der Waals surface area (Å²) < 4.78 is 14.5. The molecule has 17 heavy (non-hydrogen) atoms. The van der Waals surface area contributed by atoms with Crippen LogP contribution in [0.5, 0.6) is 0 Å². The third-order valence-corrected chi connectivity index (χ3v) is 2.85. The lowest BCUT2D eigenvalue weighted by Crippen LogP contribution is -2.05. The van der Waals surface area contributed by atoms with Gasteiger partial charge in [-0.15, -0.1) is 0 Å². The second-order valence-corrected chi connectivity index (χ2v) is 4.00. The Bertz CT molecular complexity index is 592. The summed E-state index contributed by atoms with van der Waals surface area (Å²) in [5.41, 5.74) is 1.51. The number of carboxylic acids is 1. The van der Waals surface area contributed by atoms with Crippen LogP contribution < -0.4 is 0 Å². The summed E-state index contributed by atoms with van der Waals surface area (Å²) in [6.07, 6.45) is 0. The molecule has 1 aromatic heterocycles. The molecule has 2 aromatic rings. The van der Waals surface area contributed by atoms with Crippen molar-refractivity contribution in [2.75, 3.05) is 0 Å². The molecule has 88 valence electrons. The summed E-state index contributed by atoms with van der Waals surface area (Å²) in [7, 11) is 1.63. The van der Waals surface area contributed by atoms with Gasteiger partial charge in [0.1, 0.15) is 11.5 Å². The first-order chi connectivity index (χ1) is 8.00. The Morgan fingerprint density at radius 3 is 2.59 bits per heavy atom. The Morgan fingerprint density at radius 1 is 1.35 bits per heavy atom. The number of halogens is 2. The van der Waals surface area contributed by atoms with Gasteiger partial charge in [-0.3, -0.25) is 0 Å². The zero-order chi connectivity index (χ0) is 12.6. The first-order valence-electron chi connectivity index (χ1n) is 4.85. The average molecular weight is 254 g/mol. The molecule has 2 rings (SSSR count). The second-order valence-electron chi connectivity index (χ2n) is 3.60. The summed E-state index contributed by atoms with van der Waals surface area (Å²) in [4.78, 5) is 10.9. The van der Waals surface area contributed by atoms with Crippen LogP contribution in [0.15, 0.2) is 30.3 Å². The van der Waals surface area contributed by atoms with Crippen molar-refractivity contribution in [1.29, 1.82) is 0 Å². The predicted octanol–water partition coefficient (Wildman–Crippen LogP) is 3.18. The number of carbonyl (C=O) groups is 1. The smallest absolute Gasteiger partial charge is 0.352 e. The largest absolute Gasteiger partial charge is 0.477 e. The van der Waals surface area contributed by atoms with Gasteiger partial charge in [-0.2, -0.15) is 0 Å². The molecule has 0 atom stereocenters. The Morgan fingerprint density at radius 2 is 2.06 bits per heavy atom. The monoisotopic (exact) mass is 253 g/mol. The van der Waals surface area contributed by atoms with E-state index in [1.165, 1.54) is 22.8 Å². The fourth-order valence-electron chi connectivity index (χ4n) is 1.67. The molecule has 0 spiro atoms. The number of rotatable bonds is 2. The van der Waals surface area contributed by atoms with E-state index in [-0.39, 0.29) is 10.7 Å². The van der Waals surface area contributed by atoms with Crippen LogP contribution >= 0.6 is 11.6 Å². The van der Waals surface area contributed by atoms with Gasteiger partial charge in [0.15, 0.2) is 0 Å². The van der Waals surface area contributed by atoms with Crippen molar-refractivity contribution >= 4 is 17.6 Å². The van der Waals surface area contributed by atoms with Crippen LogP contribution in [0.4, 0.5) is 4.39 Å². The molecule has 1 aromatic carbocycles. The number of benzene rings is 1. The van der Waals surface area contributed by atoms with Crippen molar-refractivity contribution in [3.63, 3.8) is 0 Å². The number of nitrogens with zero attached hydrogens (tertiary/aromatic N) is 1. The minimum Gasteiger partial charge on any atom is -0.477 e. The standard InChI is InChI=1S/C12H9ClFNO2/c1-15-10(4-5-11(15)12(16)17)7-2-3-9(14)8(13)6-7/h2-6H,1H3,(H,16,17). The van der Waals surface area contributed by atoms with Crippen LogP contribution in [-0.4, -0.2) is 15.6 Å². The molecule has 0 aliphatic rings. The van der Waals surface area contributed by atoms with E-state index in [0.717, 1.165) is 0 Å². The topological polar surface area (TPSA) is 42.2 Å². The lowest BCUT2D eigenvalue weighted by atomic mass is 10.1. The van der Waals surface area contributed by atoms with Crippen LogP contribution in [0.1, 0.15) is 10.5 Å². The summed E-state index contributed by atoms with van der Waals surface area (Å²) in [5, 5.41) is 8.93. The first-order valence-corrected chi connectivity index (χ1v) is 5.23. The van der Waals surface area contributed by atoms with Crippen LogP contribution in [0.3, 0.4) is 0 Å². The molecule has 0 bridgehead atoms. The van der Waals surface area contributed by atoms with Gasteiger partial charge in [-0.1, -0.05) is 11.6 Å². The van der Waals surface area contributed by atoms with Crippen molar-refractivity contribution in [3.05, 3.63) is 46.9 Å². The van der Waals surface area contributed by atoms with Crippen LogP contribution in [0.25, 0.3) is 11.3 Å².